The molecule has 108 valence electrons. The zero-order valence-electron chi connectivity index (χ0n) is 12.5. The van der Waals surface area contributed by atoms with Gasteiger partial charge in [-0.3, -0.25) is 9.69 Å². The molecule has 1 amide bonds. The molecule has 0 N–H and O–H groups in total. The number of rotatable bonds is 4. The minimum atomic E-state index is 0.213. The standard InChI is InChI=1S/C16H28N2O/c1-14(2)15-7-5-12-18(13-15)16(19)8-6-11-17-9-3-4-10-17/h6,8,14-15H,3-5,7,9-13H2,1-2H3/b8-6+. The summed E-state index contributed by atoms with van der Waals surface area (Å²) in [5, 5.41) is 0. The van der Waals surface area contributed by atoms with E-state index in [-0.39, 0.29) is 5.91 Å². The number of hydrogen-bond donors (Lipinski definition) is 0. The molecule has 3 nitrogen and oxygen atoms in total. The average Bonchev–Trinajstić information content (AvgIpc) is 2.92. The number of likely N-dealkylation sites (tertiary alicyclic amines) is 2. The molecule has 0 aromatic rings. The van der Waals surface area contributed by atoms with Gasteiger partial charge in [-0.05, 0) is 50.6 Å². The zero-order valence-corrected chi connectivity index (χ0v) is 12.5. The molecule has 0 aromatic carbocycles. The molecule has 2 heterocycles. The van der Waals surface area contributed by atoms with Crippen LogP contribution in [0.5, 0.6) is 0 Å². The zero-order chi connectivity index (χ0) is 13.7. The summed E-state index contributed by atoms with van der Waals surface area (Å²) in [6, 6.07) is 0. The number of hydrogen-bond acceptors (Lipinski definition) is 2. The van der Waals surface area contributed by atoms with E-state index in [2.05, 4.69) is 18.7 Å². The first kappa shape index (κ1) is 14.6. The fourth-order valence-corrected chi connectivity index (χ4v) is 3.13. The van der Waals surface area contributed by atoms with Gasteiger partial charge in [0, 0.05) is 25.7 Å². The number of piperidine rings is 1. The van der Waals surface area contributed by atoms with Gasteiger partial charge in [-0.1, -0.05) is 19.9 Å². The predicted octanol–water partition coefficient (Wildman–Crippen LogP) is 2.53. The molecule has 1 unspecified atom stereocenters. The molecule has 19 heavy (non-hydrogen) atoms. The normalized spacial score (nSPS) is 25.6. The van der Waals surface area contributed by atoms with Gasteiger partial charge >= 0.3 is 0 Å². The van der Waals surface area contributed by atoms with Crippen molar-refractivity contribution in [2.24, 2.45) is 11.8 Å². The summed E-state index contributed by atoms with van der Waals surface area (Å²) in [5.41, 5.74) is 0. The van der Waals surface area contributed by atoms with Crippen LogP contribution < -0.4 is 0 Å². The molecule has 2 rings (SSSR count). The van der Waals surface area contributed by atoms with E-state index in [1.165, 1.54) is 32.4 Å². The van der Waals surface area contributed by atoms with Crippen LogP contribution in [0.1, 0.15) is 39.5 Å². The van der Waals surface area contributed by atoms with Crippen LogP contribution in [-0.2, 0) is 4.79 Å². The summed E-state index contributed by atoms with van der Waals surface area (Å²) in [7, 11) is 0. The SMILES string of the molecule is CC(C)C1CCCN(C(=O)/C=C/CN2CCCC2)C1. The van der Waals surface area contributed by atoms with Crippen LogP contribution in [0.4, 0.5) is 0 Å². The second-order valence-electron chi connectivity index (χ2n) is 6.34. The van der Waals surface area contributed by atoms with E-state index in [9.17, 15) is 4.79 Å². The molecule has 2 aliphatic rings. The van der Waals surface area contributed by atoms with Crippen molar-refractivity contribution in [3.63, 3.8) is 0 Å². The van der Waals surface area contributed by atoms with E-state index in [0.717, 1.165) is 26.1 Å². The molecule has 0 radical (unpaired) electrons. The molecule has 3 heteroatoms. The van der Waals surface area contributed by atoms with Crippen LogP contribution in [0, 0.1) is 11.8 Å². The molecule has 1 atom stereocenters. The maximum atomic E-state index is 12.2. The summed E-state index contributed by atoms with van der Waals surface area (Å²) in [5.74, 6) is 1.58. The van der Waals surface area contributed by atoms with E-state index >= 15 is 0 Å². The van der Waals surface area contributed by atoms with Gasteiger partial charge in [0.15, 0.2) is 0 Å². The Labute approximate surface area is 117 Å². The molecule has 2 aliphatic heterocycles. The Morgan fingerprint density at radius 3 is 2.63 bits per heavy atom. The Morgan fingerprint density at radius 2 is 1.95 bits per heavy atom. The fraction of sp³-hybridized carbons (Fsp3) is 0.812. The van der Waals surface area contributed by atoms with Crippen LogP contribution in [0.3, 0.4) is 0 Å². The Bertz CT molecular complexity index is 319. The highest BCUT2D eigenvalue weighted by molar-refractivity contribution is 5.87. The lowest BCUT2D eigenvalue weighted by atomic mass is 9.88. The molecule has 2 saturated heterocycles. The van der Waals surface area contributed by atoms with E-state index < -0.39 is 0 Å². The Kier molecular flexibility index (Phi) is 5.44. The second kappa shape index (κ2) is 7.09. The molecule has 0 spiro atoms. The number of carbonyl (C=O) groups excluding carboxylic acids is 1. The van der Waals surface area contributed by atoms with Gasteiger partial charge in [-0.2, -0.15) is 0 Å². The van der Waals surface area contributed by atoms with Crippen molar-refractivity contribution in [2.75, 3.05) is 32.7 Å². The maximum Gasteiger partial charge on any atom is 0.246 e. The van der Waals surface area contributed by atoms with E-state index in [0.29, 0.717) is 11.8 Å². The Hall–Kier alpha value is -0.830. The second-order valence-corrected chi connectivity index (χ2v) is 6.34. The number of amides is 1. The predicted molar refractivity (Wildman–Crippen MR) is 79.0 cm³/mol. The lowest BCUT2D eigenvalue weighted by molar-refractivity contribution is -0.128. The molecule has 2 fully saturated rings. The van der Waals surface area contributed by atoms with Crippen LogP contribution in [0.25, 0.3) is 0 Å². The van der Waals surface area contributed by atoms with Gasteiger partial charge in [-0.15, -0.1) is 0 Å². The van der Waals surface area contributed by atoms with E-state index in [1.54, 1.807) is 6.08 Å². The van der Waals surface area contributed by atoms with Gasteiger partial charge in [0.05, 0.1) is 0 Å². The molecule has 0 aliphatic carbocycles. The molecular weight excluding hydrogens is 236 g/mol. The highest BCUT2D eigenvalue weighted by atomic mass is 16.2. The fourth-order valence-electron chi connectivity index (χ4n) is 3.13. The summed E-state index contributed by atoms with van der Waals surface area (Å²) >= 11 is 0. The average molecular weight is 264 g/mol. The van der Waals surface area contributed by atoms with Crippen LogP contribution in [-0.4, -0.2) is 48.4 Å². The minimum Gasteiger partial charge on any atom is -0.339 e. The first-order chi connectivity index (χ1) is 9.16. The smallest absolute Gasteiger partial charge is 0.246 e. The summed E-state index contributed by atoms with van der Waals surface area (Å²) in [6.07, 6.45) is 8.90. The third kappa shape index (κ3) is 4.34. The van der Waals surface area contributed by atoms with Gasteiger partial charge in [-0.25, -0.2) is 0 Å². The maximum absolute atomic E-state index is 12.2. The van der Waals surface area contributed by atoms with Crippen molar-refractivity contribution in [2.45, 2.75) is 39.5 Å². The van der Waals surface area contributed by atoms with Crippen molar-refractivity contribution in [1.29, 1.82) is 0 Å². The number of nitrogens with zero attached hydrogens (tertiary/aromatic N) is 2. The van der Waals surface area contributed by atoms with Gasteiger partial charge in [0.1, 0.15) is 0 Å². The molecule has 0 saturated carbocycles. The summed E-state index contributed by atoms with van der Waals surface area (Å²) < 4.78 is 0. The van der Waals surface area contributed by atoms with Gasteiger partial charge in [0.2, 0.25) is 5.91 Å². The summed E-state index contributed by atoms with van der Waals surface area (Å²) in [6.45, 7) is 9.74. The lowest BCUT2D eigenvalue weighted by Gasteiger charge is -2.34. The topological polar surface area (TPSA) is 23.6 Å². The van der Waals surface area contributed by atoms with Crippen LogP contribution in [0.2, 0.25) is 0 Å². The van der Waals surface area contributed by atoms with Crippen molar-refractivity contribution in [1.82, 2.24) is 9.80 Å². The van der Waals surface area contributed by atoms with Crippen LogP contribution in [0.15, 0.2) is 12.2 Å². The highest BCUT2D eigenvalue weighted by Gasteiger charge is 2.24. The molecule has 0 bridgehead atoms. The van der Waals surface area contributed by atoms with Crippen molar-refractivity contribution in [3.8, 4) is 0 Å². The van der Waals surface area contributed by atoms with E-state index in [1.807, 2.05) is 11.0 Å². The van der Waals surface area contributed by atoms with Gasteiger partial charge < -0.3 is 4.90 Å². The lowest BCUT2D eigenvalue weighted by Crippen LogP contribution is -2.40. The molecular formula is C16H28N2O. The Morgan fingerprint density at radius 1 is 1.21 bits per heavy atom. The van der Waals surface area contributed by atoms with Crippen molar-refractivity contribution in [3.05, 3.63) is 12.2 Å². The third-order valence-electron chi connectivity index (χ3n) is 4.54. The van der Waals surface area contributed by atoms with Crippen molar-refractivity contribution >= 4 is 5.91 Å². The number of carbonyl (C=O) groups is 1. The third-order valence-corrected chi connectivity index (χ3v) is 4.54. The minimum absolute atomic E-state index is 0.213. The van der Waals surface area contributed by atoms with Crippen molar-refractivity contribution < 1.29 is 4.79 Å². The quantitative estimate of drug-likeness (QED) is 0.729. The summed E-state index contributed by atoms with van der Waals surface area (Å²) in [4.78, 5) is 16.6. The Balaban J connectivity index is 1.76. The monoisotopic (exact) mass is 264 g/mol. The molecule has 0 aromatic heterocycles. The largest absolute Gasteiger partial charge is 0.339 e. The first-order valence-electron chi connectivity index (χ1n) is 7.84. The van der Waals surface area contributed by atoms with E-state index in [4.69, 9.17) is 0 Å². The van der Waals surface area contributed by atoms with Crippen LogP contribution >= 0.6 is 0 Å². The first-order valence-corrected chi connectivity index (χ1v) is 7.84. The highest BCUT2D eigenvalue weighted by Crippen LogP contribution is 2.23. The van der Waals surface area contributed by atoms with Gasteiger partial charge in [0.25, 0.3) is 0 Å².